The molecule has 2 aromatic rings. The van der Waals surface area contributed by atoms with E-state index in [1.807, 2.05) is 23.1 Å². The zero-order valence-corrected chi connectivity index (χ0v) is 18.6. The zero-order valence-electron chi connectivity index (χ0n) is 18.6. The lowest BCUT2D eigenvalue weighted by Gasteiger charge is -2.34. The van der Waals surface area contributed by atoms with Crippen LogP contribution in [0, 0.1) is 0 Å². The smallest absolute Gasteiger partial charge is 0.274 e. The number of carbonyl (C=O) groups is 2. The number of hydrogen-bond donors (Lipinski definition) is 0. The van der Waals surface area contributed by atoms with Crippen LogP contribution in [0.3, 0.4) is 0 Å². The van der Waals surface area contributed by atoms with Crippen LogP contribution in [0.1, 0.15) is 22.5 Å². The van der Waals surface area contributed by atoms with Crippen LogP contribution in [0.5, 0.6) is 0 Å². The van der Waals surface area contributed by atoms with Crippen molar-refractivity contribution in [2.24, 2.45) is 0 Å². The zero-order chi connectivity index (χ0) is 22.6. The number of rotatable bonds is 10. The average Bonchev–Trinajstić information content (AvgIpc) is 2.85. The Balaban J connectivity index is 1.43. The van der Waals surface area contributed by atoms with Gasteiger partial charge in [0.1, 0.15) is 5.69 Å². The van der Waals surface area contributed by atoms with Crippen LogP contribution in [0.25, 0.3) is 6.08 Å². The minimum Gasteiger partial charge on any atom is -0.383 e. The third kappa shape index (κ3) is 7.25. The molecule has 3 rings (SSSR count). The SMILES string of the molecule is COCCN(CCC(=O)N1CCN(CC=Cc2ccccc2)CC1)C(=O)c1cnccn1. The maximum Gasteiger partial charge on any atom is 0.274 e. The summed E-state index contributed by atoms with van der Waals surface area (Å²) in [6.45, 7) is 5.10. The van der Waals surface area contributed by atoms with E-state index in [4.69, 9.17) is 4.74 Å². The molecule has 170 valence electrons. The van der Waals surface area contributed by atoms with Gasteiger partial charge in [-0.3, -0.25) is 19.5 Å². The van der Waals surface area contributed by atoms with Crippen molar-refractivity contribution in [2.75, 3.05) is 59.5 Å². The van der Waals surface area contributed by atoms with Gasteiger partial charge in [-0.25, -0.2) is 4.98 Å². The predicted octanol–water partition coefficient (Wildman–Crippen LogP) is 1.81. The summed E-state index contributed by atoms with van der Waals surface area (Å²) in [4.78, 5) is 39.3. The standard InChI is InChI=1S/C24H31N5O3/c1-32-19-18-29(24(31)22-20-25-10-11-26-22)13-9-23(30)28-16-14-27(15-17-28)12-5-8-21-6-3-2-4-7-21/h2-8,10-11,20H,9,12-19H2,1H3. The second-order valence-electron chi connectivity index (χ2n) is 7.62. The minimum absolute atomic E-state index is 0.0684. The molecule has 8 nitrogen and oxygen atoms in total. The highest BCUT2D eigenvalue weighted by atomic mass is 16.5. The van der Waals surface area contributed by atoms with Crippen molar-refractivity contribution in [3.8, 4) is 0 Å². The number of amides is 2. The Kier molecular flexibility index (Phi) is 9.34. The van der Waals surface area contributed by atoms with E-state index in [1.165, 1.54) is 24.2 Å². The predicted molar refractivity (Wildman–Crippen MR) is 123 cm³/mol. The van der Waals surface area contributed by atoms with Crippen molar-refractivity contribution in [1.82, 2.24) is 24.7 Å². The maximum absolute atomic E-state index is 12.7. The number of benzene rings is 1. The first-order chi connectivity index (χ1) is 15.7. The molecule has 1 aromatic heterocycles. The van der Waals surface area contributed by atoms with Crippen LogP contribution < -0.4 is 0 Å². The molecule has 0 spiro atoms. The molecule has 32 heavy (non-hydrogen) atoms. The Morgan fingerprint density at radius 3 is 2.56 bits per heavy atom. The molecule has 0 unspecified atom stereocenters. The van der Waals surface area contributed by atoms with E-state index < -0.39 is 0 Å². The van der Waals surface area contributed by atoms with E-state index >= 15 is 0 Å². The van der Waals surface area contributed by atoms with Crippen LogP contribution in [0.4, 0.5) is 0 Å². The molecule has 1 aromatic carbocycles. The topological polar surface area (TPSA) is 78.9 Å². The highest BCUT2D eigenvalue weighted by Crippen LogP contribution is 2.08. The van der Waals surface area contributed by atoms with Gasteiger partial charge in [0.05, 0.1) is 12.8 Å². The van der Waals surface area contributed by atoms with Crippen molar-refractivity contribution in [3.63, 3.8) is 0 Å². The van der Waals surface area contributed by atoms with Crippen LogP contribution in [-0.2, 0) is 9.53 Å². The highest BCUT2D eigenvalue weighted by Gasteiger charge is 2.23. The molecule has 0 radical (unpaired) electrons. The lowest BCUT2D eigenvalue weighted by molar-refractivity contribution is -0.133. The molecule has 0 atom stereocenters. The number of piperazine rings is 1. The molecule has 0 saturated carbocycles. The summed E-state index contributed by atoms with van der Waals surface area (Å²) in [5, 5.41) is 0. The summed E-state index contributed by atoms with van der Waals surface area (Å²) in [7, 11) is 1.59. The number of hydrogen-bond acceptors (Lipinski definition) is 6. The van der Waals surface area contributed by atoms with Crippen molar-refractivity contribution < 1.29 is 14.3 Å². The summed E-state index contributed by atoms with van der Waals surface area (Å²) in [5.74, 6) is -0.170. The molecule has 1 aliphatic heterocycles. The average molecular weight is 438 g/mol. The van der Waals surface area contributed by atoms with E-state index in [0.717, 1.165) is 19.6 Å². The van der Waals surface area contributed by atoms with E-state index in [2.05, 4.69) is 39.2 Å². The first-order valence-corrected chi connectivity index (χ1v) is 10.9. The highest BCUT2D eigenvalue weighted by molar-refractivity contribution is 5.92. The summed E-state index contributed by atoms with van der Waals surface area (Å²) in [6.07, 6.45) is 9.02. The van der Waals surface area contributed by atoms with Crippen LogP contribution in [0.15, 0.2) is 55.0 Å². The number of aromatic nitrogens is 2. The fourth-order valence-electron chi connectivity index (χ4n) is 3.56. The molecule has 2 heterocycles. The lowest BCUT2D eigenvalue weighted by atomic mass is 10.2. The van der Waals surface area contributed by atoms with Gasteiger partial charge in [0.2, 0.25) is 5.91 Å². The van der Waals surface area contributed by atoms with E-state index in [0.29, 0.717) is 32.8 Å². The number of methoxy groups -OCH3 is 1. The second kappa shape index (κ2) is 12.7. The maximum atomic E-state index is 12.7. The molecule has 1 fully saturated rings. The van der Waals surface area contributed by atoms with Gasteiger partial charge < -0.3 is 14.5 Å². The third-order valence-electron chi connectivity index (χ3n) is 5.43. The molecule has 8 heteroatoms. The molecule has 0 bridgehead atoms. The van der Waals surface area contributed by atoms with Crippen molar-refractivity contribution >= 4 is 17.9 Å². The Morgan fingerprint density at radius 2 is 1.88 bits per heavy atom. The van der Waals surface area contributed by atoms with Crippen molar-refractivity contribution in [3.05, 3.63) is 66.3 Å². The van der Waals surface area contributed by atoms with E-state index in [-0.39, 0.29) is 23.9 Å². The lowest BCUT2D eigenvalue weighted by Crippen LogP contribution is -2.49. The summed E-state index contributed by atoms with van der Waals surface area (Å²) < 4.78 is 5.12. The monoisotopic (exact) mass is 437 g/mol. The third-order valence-corrected chi connectivity index (χ3v) is 5.43. The Hall–Kier alpha value is -3.10. The number of ether oxygens (including phenoxy) is 1. The molecular weight excluding hydrogens is 406 g/mol. The van der Waals surface area contributed by atoms with Crippen LogP contribution in [0.2, 0.25) is 0 Å². The molecular formula is C24H31N5O3. The summed E-state index contributed by atoms with van der Waals surface area (Å²) in [5.41, 5.74) is 1.46. The van der Waals surface area contributed by atoms with Gasteiger partial charge in [0.25, 0.3) is 5.91 Å². The fourth-order valence-corrected chi connectivity index (χ4v) is 3.56. The summed E-state index contributed by atoms with van der Waals surface area (Å²) >= 11 is 0. The van der Waals surface area contributed by atoms with Gasteiger partial charge >= 0.3 is 0 Å². The number of nitrogens with zero attached hydrogens (tertiary/aromatic N) is 5. The van der Waals surface area contributed by atoms with Crippen molar-refractivity contribution in [2.45, 2.75) is 6.42 Å². The Bertz CT molecular complexity index is 868. The van der Waals surface area contributed by atoms with Crippen LogP contribution >= 0.6 is 0 Å². The number of carbonyl (C=O) groups excluding carboxylic acids is 2. The van der Waals surface area contributed by atoms with Gasteiger partial charge in [0, 0.05) is 71.7 Å². The molecule has 0 N–H and O–H groups in total. The van der Waals surface area contributed by atoms with Crippen LogP contribution in [-0.4, -0.2) is 96.0 Å². The minimum atomic E-state index is -0.238. The van der Waals surface area contributed by atoms with Gasteiger partial charge in [-0.15, -0.1) is 0 Å². The fraction of sp³-hybridized carbons (Fsp3) is 0.417. The van der Waals surface area contributed by atoms with Gasteiger partial charge in [-0.05, 0) is 5.56 Å². The van der Waals surface area contributed by atoms with E-state index in [9.17, 15) is 9.59 Å². The quantitative estimate of drug-likeness (QED) is 0.564. The molecule has 2 amide bonds. The molecule has 0 aliphatic carbocycles. The summed E-state index contributed by atoms with van der Waals surface area (Å²) in [6, 6.07) is 10.2. The second-order valence-corrected chi connectivity index (χ2v) is 7.62. The van der Waals surface area contributed by atoms with E-state index in [1.54, 1.807) is 12.0 Å². The molecule has 1 saturated heterocycles. The molecule has 1 aliphatic rings. The Morgan fingerprint density at radius 1 is 1.09 bits per heavy atom. The van der Waals surface area contributed by atoms with Crippen molar-refractivity contribution in [1.29, 1.82) is 0 Å². The Labute approximate surface area is 189 Å². The van der Waals surface area contributed by atoms with Gasteiger partial charge in [-0.1, -0.05) is 42.5 Å². The normalized spacial score (nSPS) is 14.6. The van der Waals surface area contributed by atoms with Gasteiger partial charge in [-0.2, -0.15) is 0 Å². The first-order valence-electron chi connectivity index (χ1n) is 10.9. The first kappa shape index (κ1) is 23.6. The largest absolute Gasteiger partial charge is 0.383 e. The van der Waals surface area contributed by atoms with Gasteiger partial charge in [0.15, 0.2) is 0 Å².